The number of anilines is 1. The van der Waals surface area contributed by atoms with E-state index < -0.39 is 6.23 Å². The van der Waals surface area contributed by atoms with Gasteiger partial charge in [0.25, 0.3) is 0 Å². The van der Waals surface area contributed by atoms with Gasteiger partial charge in [-0.05, 0) is 24.6 Å². The van der Waals surface area contributed by atoms with Crippen LogP contribution in [0.25, 0.3) is 11.3 Å². The first kappa shape index (κ1) is 23.6. The number of para-hydroxylation sites is 1. The Morgan fingerprint density at radius 2 is 1.79 bits per heavy atom. The molecule has 178 valence electrons. The third-order valence-corrected chi connectivity index (χ3v) is 6.30. The molecule has 4 rings (SSSR count). The SMILES string of the molecule is CCCSc1nnc2c(n1)O[C@@H](c1cc(OC)c(OC)c(OC)c1)N(C(C)=O)c1ccccc1-2. The second kappa shape index (κ2) is 10.2. The molecule has 0 saturated heterocycles. The van der Waals surface area contributed by atoms with Gasteiger partial charge in [-0.25, -0.2) is 0 Å². The average Bonchev–Trinajstić information content (AvgIpc) is 3.00. The van der Waals surface area contributed by atoms with Crippen molar-refractivity contribution in [1.29, 1.82) is 0 Å². The van der Waals surface area contributed by atoms with Crippen molar-refractivity contribution in [3.05, 3.63) is 42.0 Å². The van der Waals surface area contributed by atoms with E-state index in [9.17, 15) is 4.79 Å². The van der Waals surface area contributed by atoms with E-state index in [4.69, 9.17) is 18.9 Å². The molecule has 0 fully saturated rings. The van der Waals surface area contributed by atoms with Crippen molar-refractivity contribution in [2.24, 2.45) is 0 Å². The van der Waals surface area contributed by atoms with Gasteiger partial charge in [-0.2, -0.15) is 4.98 Å². The number of benzene rings is 2. The Kier molecular flexibility index (Phi) is 7.06. The highest BCUT2D eigenvalue weighted by atomic mass is 32.2. The maximum Gasteiger partial charge on any atom is 0.247 e. The molecule has 1 amide bonds. The van der Waals surface area contributed by atoms with Gasteiger partial charge in [0, 0.05) is 23.8 Å². The Hall–Kier alpha value is -3.53. The third-order valence-electron chi connectivity index (χ3n) is 5.26. The monoisotopic (exact) mass is 482 g/mol. The molecule has 2 aromatic carbocycles. The molecule has 0 saturated carbocycles. The van der Waals surface area contributed by atoms with Gasteiger partial charge < -0.3 is 18.9 Å². The van der Waals surface area contributed by atoms with E-state index in [1.807, 2.05) is 24.3 Å². The summed E-state index contributed by atoms with van der Waals surface area (Å²) < 4.78 is 22.9. The van der Waals surface area contributed by atoms with Crippen LogP contribution >= 0.6 is 11.8 Å². The summed E-state index contributed by atoms with van der Waals surface area (Å²) in [5, 5.41) is 9.21. The van der Waals surface area contributed by atoms with Gasteiger partial charge in [-0.15, -0.1) is 10.2 Å². The number of fused-ring (bicyclic) bond motifs is 3. The number of aromatic nitrogens is 3. The van der Waals surface area contributed by atoms with Crippen molar-refractivity contribution < 1.29 is 23.7 Å². The Morgan fingerprint density at radius 3 is 2.41 bits per heavy atom. The highest BCUT2D eigenvalue weighted by Crippen LogP contribution is 2.46. The van der Waals surface area contributed by atoms with E-state index in [1.54, 1.807) is 17.0 Å². The van der Waals surface area contributed by atoms with E-state index in [-0.39, 0.29) is 5.91 Å². The molecule has 0 unspecified atom stereocenters. The lowest BCUT2D eigenvalue weighted by molar-refractivity contribution is -0.118. The number of hydrogen-bond donors (Lipinski definition) is 0. The van der Waals surface area contributed by atoms with E-state index in [0.717, 1.165) is 12.2 Å². The second-order valence-corrected chi connectivity index (χ2v) is 8.49. The predicted octanol–water partition coefficient (Wildman–Crippen LogP) is 4.51. The molecule has 1 atom stereocenters. The van der Waals surface area contributed by atoms with Gasteiger partial charge in [0.05, 0.1) is 27.0 Å². The molecular formula is C24H26N4O5S. The highest BCUT2D eigenvalue weighted by Gasteiger charge is 2.35. The van der Waals surface area contributed by atoms with Gasteiger partial charge in [-0.1, -0.05) is 36.9 Å². The number of ether oxygens (including phenoxy) is 4. The highest BCUT2D eigenvalue weighted by molar-refractivity contribution is 7.99. The minimum absolute atomic E-state index is 0.215. The second-order valence-electron chi connectivity index (χ2n) is 7.43. The summed E-state index contributed by atoms with van der Waals surface area (Å²) in [5.74, 6) is 2.27. The fourth-order valence-electron chi connectivity index (χ4n) is 3.77. The van der Waals surface area contributed by atoms with Crippen LogP contribution in [0.1, 0.15) is 32.1 Å². The lowest BCUT2D eigenvalue weighted by Gasteiger charge is -2.30. The molecule has 0 radical (unpaired) electrons. The van der Waals surface area contributed by atoms with Gasteiger partial charge in [-0.3, -0.25) is 9.69 Å². The molecule has 10 heteroatoms. The molecule has 0 aliphatic carbocycles. The lowest BCUT2D eigenvalue weighted by Crippen LogP contribution is -2.36. The summed E-state index contributed by atoms with van der Waals surface area (Å²) in [6.07, 6.45) is 0.107. The number of hydrogen-bond acceptors (Lipinski definition) is 9. The zero-order chi connectivity index (χ0) is 24.2. The quantitative estimate of drug-likeness (QED) is 0.451. The molecule has 0 N–H and O–H groups in total. The van der Waals surface area contributed by atoms with Crippen molar-refractivity contribution in [3.8, 4) is 34.4 Å². The van der Waals surface area contributed by atoms with E-state index >= 15 is 0 Å². The van der Waals surface area contributed by atoms with Crippen LogP contribution in [0.4, 0.5) is 5.69 Å². The fraction of sp³-hybridized carbons (Fsp3) is 0.333. The standard InChI is InChI=1S/C24H26N4O5S/c1-6-11-34-24-25-22-20(26-27-24)16-9-7-8-10-17(16)28(14(2)29)23(33-22)15-12-18(30-3)21(32-5)19(13-15)31-4/h7-10,12-13,23H,6,11H2,1-5H3/t23-/m0/s1. The molecule has 9 nitrogen and oxygen atoms in total. The number of rotatable bonds is 7. The molecule has 1 aliphatic rings. The normalized spacial score (nSPS) is 14.4. The average molecular weight is 483 g/mol. The summed E-state index contributed by atoms with van der Waals surface area (Å²) in [6, 6.07) is 11.0. The third kappa shape index (κ3) is 4.33. The minimum Gasteiger partial charge on any atom is -0.493 e. The molecule has 34 heavy (non-hydrogen) atoms. The Morgan fingerprint density at radius 1 is 1.09 bits per heavy atom. The fourth-order valence-corrected chi connectivity index (χ4v) is 4.40. The largest absolute Gasteiger partial charge is 0.493 e. The van der Waals surface area contributed by atoms with Crippen LogP contribution in [0.5, 0.6) is 23.1 Å². The Balaban J connectivity index is 1.94. The van der Waals surface area contributed by atoms with Crippen molar-refractivity contribution in [2.75, 3.05) is 32.0 Å². The smallest absolute Gasteiger partial charge is 0.247 e. The first-order valence-corrected chi connectivity index (χ1v) is 11.7. The zero-order valence-electron chi connectivity index (χ0n) is 19.7. The number of thioether (sulfide) groups is 1. The molecule has 1 aromatic heterocycles. The van der Waals surface area contributed by atoms with Gasteiger partial charge in [0.2, 0.25) is 28.9 Å². The molecular weight excluding hydrogens is 456 g/mol. The maximum atomic E-state index is 13.0. The maximum absolute atomic E-state index is 13.0. The van der Waals surface area contributed by atoms with Crippen molar-refractivity contribution in [3.63, 3.8) is 0 Å². The molecule has 2 heterocycles. The Bertz CT molecular complexity index is 1180. The van der Waals surface area contributed by atoms with Crippen molar-refractivity contribution in [1.82, 2.24) is 15.2 Å². The number of amides is 1. The summed E-state index contributed by atoms with van der Waals surface area (Å²) in [5.41, 5.74) is 2.43. The van der Waals surface area contributed by atoms with Crippen LogP contribution < -0.4 is 23.8 Å². The van der Waals surface area contributed by atoms with Crippen LogP contribution in [-0.4, -0.2) is 48.2 Å². The number of carbonyl (C=O) groups is 1. The first-order valence-electron chi connectivity index (χ1n) is 10.8. The van der Waals surface area contributed by atoms with E-state index in [0.29, 0.717) is 50.8 Å². The van der Waals surface area contributed by atoms with Crippen molar-refractivity contribution in [2.45, 2.75) is 31.7 Å². The van der Waals surface area contributed by atoms with Gasteiger partial charge >= 0.3 is 0 Å². The van der Waals surface area contributed by atoms with Crippen LogP contribution in [0, 0.1) is 0 Å². The summed E-state index contributed by atoms with van der Waals surface area (Å²) in [6.45, 7) is 3.57. The minimum atomic E-state index is -0.866. The van der Waals surface area contributed by atoms with Crippen LogP contribution in [0.15, 0.2) is 41.6 Å². The summed E-state index contributed by atoms with van der Waals surface area (Å²) in [7, 11) is 4.61. The molecule has 1 aliphatic heterocycles. The number of carbonyl (C=O) groups excluding carboxylic acids is 1. The number of methoxy groups -OCH3 is 3. The van der Waals surface area contributed by atoms with Crippen LogP contribution in [0.2, 0.25) is 0 Å². The van der Waals surface area contributed by atoms with Crippen LogP contribution in [-0.2, 0) is 4.79 Å². The first-order chi connectivity index (χ1) is 16.5. The summed E-state index contributed by atoms with van der Waals surface area (Å²) in [4.78, 5) is 19.2. The molecule has 0 spiro atoms. The predicted molar refractivity (Wildman–Crippen MR) is 129 cm³/mol. The number of nitrogens with zero attached hydrogens (tertiary/aromatic N) is 4. The van der Waals surface area contributed by atoms with E-state index in [1.165, 1.54) is 40.0 Å². The van der Waals surface area contributed by atoms with E-state index in [2.05, 4.69) is 22.1 Å². The summed E-state index contributed by atoms with van der Waals surface area (Å²) >= 11 is 1.50. The Labute approximate surface area is 202 Å². The lowest BCUT2D eigenvalue weighted by atomic mass is 10.1. The molecule has 3 aromatic rings. The van der Waals surface area contributed by atoms with Crippen LogP contribution in [0.3, 0.4) is 0 Å². The van der Waals surface area contributed by atoms with Gasteiger partial charge in [0.1, 0.15) is 0 Å². The van der Waals surface area contributed by atoms with Crippen molar-refractivity contribution >= 4 is 23.4 Å². The zero-order valence-corrected chi connectivity index (χ0v) is 20.5. The van der Waals surface area contributed by atoms with Gasteiger partial charge in [0.15, 0.2) is 17.2 Å². The topological polar surface area (TPSA) is 95.9 Å². The molecule has 0 bridgehead atoms.